The SMILES string of the molecule is Cc1ccccc1OCCC(=O)NNC(=S)N[C@H]1CCC[C@H](C)[C@@H]1C. The van der Waals surface area contributed by atoms with Gasteiger partial charge in [0.05, 0.1) is 13.0 Å². The van der Waals surface area contributed by atoms with E-state index in [1.54, 1.807) is 0 Å². The molecule has 3 atom stereocenters. The zero-order valence-corrected chi connectivity index (χ0v) is 16.1. The molecule has 0 aromatic heterocycles. The number of thiocarbonyl (C=S) groups is 1. The third-order valence-corrected chi connectivity index (χ3v) is 5.24. The van der Waals surface area contributed by atoms with Crippen molar-refractivity contribution in [3.8, 4) is 5.75 Å². The minimum atomic E-state index is -0.150. The Bertz CT molecular complexity index is 594. The summed E-state index contributed by atoms with van der Waals surface area (Å²) in [7, 11) is 0. The van der Waals surface area contributed by atoms with E-state index >= 15 is 0 Å². The van der Waals surface area contributed by atoms with E-state index in [1.165, 1.54) is 12.8 Å². The summed E-state index contributed by atoms with van der Waals surface area (Å²) in [5.41, 5.74) is 6.47. The molecule has 0 aliphatic heterocycles. The molecule has 1 aromatic rings. The van der Waals surface area contributed by atoms with Gasteiger partial charge in [0.1, 0.15) is 5.75 Å². The van der Waals surface area contributed by atoms with Crippen molar-refractivity contribution in [3.05, 3.63) is 29.8 Å². The van der Waals surface area contributed by atoms with Crippen LogP contribution in [0.5, 0.6) is 5.75 Å². The lowest BCUT2D eigenvalue weighted by atomic mass is 9.78. The van der Waals surface area contributed by atoms with E-state index in [4.69, 9.17) is 17.0 Å². The van der Waals surface area contributed by atoms with Crippen LogP contribution in [0.25, 0.3) is 0 Å². The van der Waals surface area contributed by atoms with Crippen molar-refractivity contribution in [1.29, 1.82) is 0 Å². The van der Waals surface area contributed by atoms with Gasteiger partial charge in [-0.15, -0.1) is 0 Å². The van der Waals surface area contributed by atoms with Crippen molar-refractivity contribution < 1.29 is 9.53 Å². The number of benzene rings is 1. The van der Waals surface area contributed by atoms with Gasteiger partial charge in [0.25, 0.3) is 0 Å². The molecule has 0 bridgehead atoms. The lowest BCUT2D eigenvalue weighted by molar-refractivity contribution is -0.122. The van der Waals surface area contributed by atoms with Crippen molar-refractivity contribution in [2.24, 2.45) is 11.8 Å². The average Bonchev–Trinajstić information content (AvgIpc) is 2.59. The molecule has 25 heavy (non-hydrogen) atoms. The number of hydrogen-bond donors (Lipinski definition) is 3. The number of carbonyl (C=O) groups is 1. The highest BCUT2D eigenvalue weighted by molar-refractivity contribution is 7.80. The molecule has 0 saturated heterocycles. The van der Waals surface area contributed by atoms with Gasteiger partial charge in [0.15, 0.2) is 5.11 Å². The Hall–Kier alpha value is -1.82. The number of ether oxygens (including phenoxy) is 1. The summed E-state index contributed by atoms with van der Waals surface area (Å²) in [5, 5.41) is 3.79. The third-order valence-electron chi connectivity index (χ3n) is 5.02. The number of aryl methyl sites for hydroxylation is 1. The second kappa shape index (κ2) is 9.61. The number of amides is 1. The Morgan fingerprint density at radius 2 is 2.00 bits per heavy atom. The first-order chi connectivity index (χ1) is 12.0. The maximum atomic E-state index is 11.9. The van der Waals surface area contributed by atoms with Gasteiger partial charge in [-0.3, -0.25) is 15.6 Å². The predicted octanol–water partition coefficient (Wildman–Crippen LogP) is 3.08. The van der Waals surface area contributed by atoms with Gasteiger partial charge in [-0.25, -0.2) is 0 Å². The first kappa shape index (κ1) is 19.5. The summed E-state index contributed by atoms with van der Waals surface area (Å²) in [6, 6.07) is 8.12. The highest BCUT2D eigenvalue weighted by atomic mass is 32.1. The van der Waals surface area contributed by atoms with Crippen LogP contribution >= 0.6 is 12.2 Å². The highest BCUT2D eigenvalue weighted by Crippen LogP contribution is 2.29. The fourth-order valence-electron chi connectivity index (χ4n) is 3.15. The van der Waals surface area contributed by atoms with Crippen LogP contribution in [0, 0.1) is 18.8 Å². The lowest BCUT2D eigenvalue weighted by Gasteiger charge is -2.35. The summed E-state index contributed by atoms with van der Waals surface area (Å²) >= 11 is 5.28. The van der Waals surface area contributed by atoms with E-state index in [0.717, 1.165) is 17.7 Å². The molecule has 3 N–H and O–H groups in total. The van der Waals surface area contributed by atoms with Gasteiger partial charge in [-0.05, 0) is 49.0 Å². The second-order valence-electron chi connectivity index (χ2n) is 6.88. The largest absolute Gasteiger partial charge is 0.493 e. The maximum Gasteiger partial charge on any atom is 0.241 e. The van der Waals surface area contributed by atoms with Crippen LogP contribution in [0.4, 0.5) is 0 Å². The maximum absolute atomic E-state index is 11.9. The van der Waals surface area contributed by atoms with E-state index in [9.17, 15) is 4.79 Å². The quantitative estimate of drug-likeness (QED) is 0.554. The van der Waals surface area contributed by atoms with Crippen molar-refractivity contribution in [2.75, 3.05) is 6.61 Å². The molecule has 6 heteroatoms. The lowest BCUT2D eigenvalue weighted by Crippen LogP contribution is -2.52. The molecule has 2 rings (SSSR count). The summed E-state index contributed by atoms with van der Waals surface area (Å²) in [5.74, 6) is 1.93. The van der Waals surface area contributed by atoms with Crippen LogP contribution in [-0.2, 0) is 4.79 Å². The van der Waals surface area contributed by atoms with Gasteiger partial charge in [0.2, 0.25) is 5.91 Å². The standard InChI is InChI=1S/C19H29N3O2S/c1-13-8-6-9-16(15(13)3)20-19(25)22-21-18(23)11-12-24-17-10-5-4-7-14(17)2/h4-5,7,10,13,15-16H,6,8-9,11-12H2,1-3H3,(H,21,23)(H2,20,22,25)/t13-,15-,16-/m0/s1. The fourth-order valence-corrected chi connectivity index (χ4v) is 3.35. The van der Waals surface area contributed by atoms with Crippen LogP contribution in [0.3, 0.4) is 0 Å². The van der Waals surface area contributed by atoms with E-state index in [0.29, 0.717) is 29.6 Å². The Balaban J connectivity index is 1.64. The normalized spacial score (nSPS) is 22.8. The molecular weight excluding hydrogens is 334 g/mol. The summed E-state index contributed by atoms with van der Waals surface area (Å²) in [6.07, 6.45) is 3.87. The molecule has 1 aliphatic rings. The van der Waals surface area contributed by atoms with E-state index in [-0.39, 0.29) is 12.3 Å². The van der Waals surface area contributed by atoms with E-state index < -0.39 is 0 Å². The van der Waals surface area contributed by atoms with Gasteiger partial charge < -0.3 is 10.1 Å². The van der Waals surface area contributed by atoms with Crippen molar-refractivity contribution >= 4 is 23.2 Å². The van der Waals surface area contributed by atoms with Crippen LogP contribution in [0.2, 0.25) is 0 Å². The average molecular weight is 364 g/mol. The third kappa shape index (κ3) is 6.20. The number of para-hydroxylation sites is 1. The van der Waals surface area contributed by atoms with Crippen LogP contribution < -0.4 is 20.9 Å². The second-order valence-corrected chi connectivity index (χ2v) is 7.29. The van der Waals surface area contributed by atoms with Crippen molar-refractivity contribution in [1.82, 2.24) is 16.2 Å². The minimum absolute atomic E-state index is 0.150. The number of carbonyl (C=O) groups excluding carboxylic acids is 1. The van der Waals surface area contributed by atoms with Crippen LogP contribution in [0.15, 0.2) is 24.3 Å². The van der Waals surface area contributed by atoms with Gasteiger partial charge in [-0.1, -0.05) is 44.9 Å². The van der Waals surface area contributed by atoms with Crippen molar-refractivity contribution in [2.45, 2.75) is 52.5 Å². The molecule has 1 amide bonds. The van der Waals surface area contributed by atoms with Crippen LogP contribution in [-0.4, -0.2) is 23.7 Å². The monoisotopic (exact) mass is 363 g/mol. The van der Waals surface area contributed by atoms with Gasteiger partial charge in [0, 0.05) is 6.04 Å². The molecule has 0 unspecified atom stereocenters. The number of nitrogens with one attached hydrogen (secondary N) is 3. The van der Waals surface area contributed by atoms with Gasteiger partial charge >= 0.3 is 0 Å². The molecular formula is C19H29N3O2S. The molecule has 5 nitrogen and oxygen atoms in total. The summed E-state index contributed by atoms with van der Waals surface area (Å²) in [4.78, 5) is 11.9. The fraction of sp³-hybridized carbons (Fsp3) is 0.579. The molecule has 0 radical (unpaired) electrons. The number of hydrazine groups is 1. The Morgan fingerprint density at radius 1 is 1.24 bits per heavy atom. The minimum Gasteiger partial charge on any atom is -0.493 e. The molecule has 1 aromatic carbocycles. The Kier molecular flexibility index (Phi) is 7.50. The smallest absolute Gasteiger partial charge is 0.241 e. The molecule has 138 valence electrons. The Morgan fingerprint density at radius 3 is 2.76 bits per heavy atom. The summed E-state index contributed by atoms with van der Waals surface area (Å²) < 4.78 is 5.62. The molecule has 0 spiro atoms. The Labute approximate surface area is 155 Å². The zero-order valence-electron chi connectivity index (χ0n) is 15.3. The molecule has 0 heterocycles. The first-order valence-corrected chi connectivity index (χ1v) is 9.42. The van der Waals surface area contributed by atoms with Crippen LogP contribution in [0.1, 0.15) is 45.1 Å². The molecule has 1 fully saturated rings. The predicted molar refractivity (Wildman–Crippen MR) is 104 cm³/mol. The number of rotatable bonds is 5. The highest BCUT2D eigenvalue weighted by Gasteiger charge is 2.27. The van der Waals surface area contributed by atoms with E-state index in [2.05, 4.69) is 30.0 Å². The molecule has 1 aliphatic carbocycles. The van der Waals surface area contributed by atoms with Crippen molar-refractivity contribution in [3.63, 3.8) is 0 Å². The zero-order chi connectivity index (χ0) is 18.2. The first-order valence-electron chi connectivity index (χ1n) is 9.01. The number of hydrogen-bond acceptors (Lipinski definition) is 3. The molecule has 1 saturated carbocycles. The topological polar surface area (TPSA) is 62.4 Å². The summed E-state index contributed by atoms with van der Waals surface area (Å²) in [6.45, 7) is 6.85. The van der Waals surface area contributed by atoms with E-state index in [1.807, 2.05) is 31.2 Å². The van der Waals surface area contributed by atoms with Gasteiger partial charge in [-0.2, -0.15) is 0 Å².